The van der Waals surface area contributed by atoms with Gasteiger partial charge in [-0.15, -0.1) is 11.3 Å². The molecule has 1 aromatic heterocycles. The first-order valence-corrected chi connectivity index (χ1v) is 8.90. The summed E-state index contributed by atoms with van der Waals surface area (Å²) in [6, 6.07) is 7.98. The van der Waals surface area contributed by atoms with Gasteiger partial charge >= 0.3 is 5.97 Å². The Morgan fingerprint density at radius 1 is 1.29 bits per heavy atom. The summed E-state index contributed by atoms with van der Waals surface area (Å²) in [6.45, 7) is 1.81. The summed E-state index contributed by atoms with van der Waals surface area (Å²) >= 11 is 4.31. The summed E-state index contributed by atoms with van der Waals surface area (Å²) in [5.74, 6) is -0.594. The molecule has 0 saturated heterocycles. The molecule has 8 heteroatoms. The number of hydrogen-bond acceptors (Lipinski definition) is 5. The topological polar surface area (TPSA) is 72.5 Å². The number of thiophene rings is 1. The van der Waals surface area contributed by atoms with Crippen LogP contribution in [0.15, 0.2) is 38.3 Å². The van der Waals surface area contributed by atoms with Crippen LogP contribution in [0.1, 0.15) is 15.9 Å². The summed E-state index contributed by atoms with van der Waals surface area (Å²) < 4.78 is 32.5. The van der Waals surface area contributed by atoms with Gasteiger partial charge in [0.05, 0.1) is 22.1 Å². The van der Waals surface area contributed by atoms with Crippen LogP contribution >= 0.6 is 27.3 Å². The van der Waals surface area contributed by atoms with E-state index in [1.54, 1.807) is 31.2 Å². The number of anilines is 1. The first kappa shape index (κ1) is 16.0. The van der Waals surface area contributed by atoms with Crippen molar-refractivity contribution in [3.8, 4) is 0 Å². The van der Waals surface area contributed by atoms with Crippen molar-refractivity contribution in [2.24, 2.45) is 0 Å². The van der Waals surface area contributed by atoms with Gasteiger partial charge in [0.1, 0.15) is 4.21 Å². The maximum absolute atomic E-state index is 12.3. The van der Waals surface area contributed by atoms with E-state index in [1.165, 1.54) is 13.2 Å². The second-order valence-electron chi connectivity index (χ2n) is 4.20. The lowest BCUT2D eigenvalue weighted by Gasteiger charge is -2.11. The van der Waals surface area contributed by atoms with E-state index < -0.39 is 16.0 Å². The molecule has 0 unspecified atom stereocenters. The third-order valence-electron chi connectivity index (χ3n) is 2.64. The molecule has 5 nitrogen and oxygen atoms in total. The van der Waals surface area contributed by atoms with E-state index in [2.05, 4.69) is 25.4 Å². The molecule has 1 heterocycles. The zero-order valence-corrected chi connectivity index (χ0v) is 14.4. The number of esters is 1. The molecule has 0 fully saturated rings. The highest BCUT2D eigenvalue weighted by molar-refractivity contribution is 9.11. The predicted octanol–water partition coefficient (Wildman–Crippen LogP) is 3.41. The molecule has 1 aromatic carbocycles. The normalized spacial score (nSPS) is 11.2. The van der Waals surface area contributed by atoms with Crippen LogP contribution in [0.25, 0.3) is 0 Å². The van der Waals surface area contributed by atoms with E-state index in [9.17, 15) is 13.2 Å². The summed E-state index contributed by atoms with van der Waals surface area (Å²) in [7, 11) is -2.49. The van der Waals surface area contributed by atoms with Crippen molar-refractivity contribution in [2.45, 2.75) is 11.1 Å². The van der Waals surface area contributed by atoms with Gasteiger partial charge in [0, 0.05) is 0 Å². The van der Waals surface area contributed by atoms with E-state index in [-0.39, 0.29) is 15.5 Å². The number of halogens is 1. The smallest absolute Gasteiger partial charge is 0.340 e. The zero-order chi connectivity index (χ0) is 15.6. The number of rotatable bonds is 4. The van der Waals surface area contributed by atoms with Crippen LogP contribution in [-0.4, -0.2) is 21.5 Å². The summed E-state index contributed by atoms with van der Waals surface area (Å²) in [5.41, 5.74) is 1.20. The van der Waals surface area contributed by atoms with Gasteiger partial charge < -0.3 is 4.74 Å². The van der Waals surface area contributed by atoms with Gasteiger partial charge in [-0.1, -0.05) is 11.6 Å². The van der Waals surface area contributed by atoms with Gasteiger partial charge in [-0.3, -0.25) is 4.72 Å². The van der Waals surface area contributed by atoms with Crippen LogP contribution in [0.3, 0.4) is 0 Å². The van der Waals surface area contributed by atoms with Gasteiger partial charge in [-0.2, -0.15) is 0 Å². The minimum Gasteiger partial charge on any atom is -0.465 e. The summed E-state index contributed by atoms with van der Waals surface area (Å²) in [6.07, 6.45) is 0. The largest absolute Gasteiger partial charge is 0.465 e. The fourth-order valence-corrected chi connectivity index (χ4v) is 4.75. The molecule has 0 aliphatic rings. The highest BCUT2D eigenvalue weighted by Crippen LogP contribution is 2.29. The van der Waals surface area contributed by atoms with E-state index in [1.807, 2.05) is 0 Å². The Kier molecular flexibility index (Phi) is 4.70. The minimum atomic E-state index is -3.74. The first-order chi connectivity index (χ1) is 9.83. The molecule has 0 aliphatic heterocycles. The van der Waals surface area contributed by atoms with Crippen LogP contribution in [0.4, 0.5) is 5.69 Å². The quantitative estimate of drug-likeness (QED) is 0.813. The Hall–Kier alpha value is -1.38. The number of carbonyl (C=O) groups is 1. The average Bonchev–Trinajstić information content (AvgIpc) is 2.87. The summed E-state index contributed by atoms with van der Waals surface area (Å²) in [5, 5.41) is 0. The Morgan fingerprint density at radius 3 is 2.57 bits per heavy atom. The van der Waals surface area contributed by atoms with Gasteiger partial charge in [0.2, 0.25) is 0 Å². The van der Waals surface area contributed by atoms with Crippen molar-refractivity contribution in [1.82, 2.24) is 0 Å². The predicted molar refractivity (Wildman–Crippen MR) is 85.3 cm³/mol. The maximum atomic E-state index is 12.3. The summed E-state index contributed by atoms with van der Waals surface area (Å²) in [4.78, 5) is 11.8. The number of aryl methyl sites for hydroxylation is 1. The first-order valence-electron chi connectivity index (χ1n) is 5.80. The third-order valence-corrected chi connectivity index (χ3v) is 6.12. The van der Waals surface area contributed by atoms with Crippen LogP contribution in [0.2, 0.25) is 0 Å². The van der Waals surface area contributed by atoms with Crippen molar-refractivity contribution < 1.29 is 17.9 Å². The Morgan fingerprint density at radius 2 is 2.00 bits per heavy atom. The van der Waals surface area contributed by atoms with Crippen molar-refractivity contribution in [2.75, 3.05) is 11.8 Å². The lowest BCUT2D eigenvalue weighted by Crippen LogP contribution is -2.15. The molecule has 0 radical (unpaired) electrons. The number of methoxy groups -OCH3 is 1. The van der Waals surface area contributed by atoms with E-state index in [0.717, 1.165) is 16.9 Å². The van der Waals surface area contributed by atoms with Gasteiger partial charge in [-0.05, 0) is 47.1 Å². The molecule has 0 saturated carbocycles. The van der Waals surface area contributed by atoms with Crippen molar-refractivity contribution in [3.63, 3.8) is 0 Å². The number of benzene rings is 1. The number of carbonyl (C=O) groups excluding carboxylic acids is 1. The second kappa shape index (κ2) is 6.17. The van der Waals surface area contributed by atoms with E-state index in [4.69, 9.17) is 0 Å². The number of hydrogen-bond donors (Lipinski definition) is 1. The number of sulfonamides is 1. The van der Waals surface area contributed by atoms with Gasteiger partial charge in [-0.25, -0.2) is 13.2 Å². The monoisotopic (exact) mass is 389 g/mol. The van der Waals surface area contributed by atoms with Gasteiger partial charge in [0.25, 0.3) is 10.0 Å². The van der Waals surface area contributed by atoms with E-state index in [0.29, 0.717) is 3.79 Å². The second-order valence-corrected chi connectivity index (χ2v) is 8.58. The standard InChI is InChI=1S/C13H12BrNO4S2/c1-8-3-4-10(9(7-8)13(16)19-2)15-21(17,18)12-6-5-11(14)20-12/h3-7,15H,1-2H3. The fourth-order valence-electron chi connectivity index (χ4n) is 1.66. The van der Waals surface area contributed by atoms with Crippen LogP contribution in [-0.2, 0) is 14.8 Å². The SMILES string of the molecule is COC(=O)c1cc(C)ccc1NS(=O)(=O)c1ccc(Br)s1. The average molecular weight is 390 g/mol. The molecule has 2 aromatic rings. The van der Waals surface area contributed by atoms with Crippen molar-refractivity contribution in [1.29, 1.82) is 0 Å². The van der Waals surface area contributed by atoms with Crippen LogP contribution in [0.5, 0.6) is 0 Å². The number of nitrogens with one attached hydrogen (secondary N) is 1. The Bertz CT molecular complexity index is 783. The third kappa shape index (κ3) is 3.63. The highest BCUT2D eigenvalue weighted by atomic mass is 79.9. The fraction of sp³-hybridized carbons (Fsp3) is 0.154. The van der Waals surface area contributed by atoms with Crippen LogP contribution in [0, 0.1) is 6.92 Å². The molecule has 1 N–H and O–H groups in total. The molecule has 0 aliphatic carbocycles. The minimum absolute atomic E-state index is 0.158. The van der Waals surface area contributed by atoms with Gasteiger partial charge in [0.15, 0.2) is 0 Å². The lowest BCUT2D eigenvalue weighted by molar-refractivity contribution is 0.0602. The van der Waals surface area contributed by atoms with Crippen LogP contribution < -0.4 is 4.72 Å². The molecule has 0 atom stereocenters. The molecule has 112 valence electrons. The van der Waals surface area contributed by atoms with E-state index >= 15 is 0 Å². The molecule has 0 spiro atoms. The number of ether oxygens (including phenoxy) is 1. The zero-order valence-electron chi connectivity index (χ0n) is 11.2. The molecule has 0 amide bonds. The Labute approximate surface area is 135 Å². The highest BCUT2D eigenvalue weighted by Gasteiger charge is 2.20. The molecular weight excluding hydrogens is 378 g/mol. The Balaban J connectivity index is 2.42. The van der Waals surface area contributed by atoms with Crippen molar-refractivity contribution >= 4 is 48.9 Å². The van der Waals surface area contributed by atoms with Crippen molar-refractivity contribution in [3.05, 3.63) is 45.2 Å². The lowest BCUT2D eigenvalue weighted by atomic mass is 10.1. The molecule has 2 rings (SSSR count). The molecule has 21 heavy (non-hydrogen) atoms. The maximum Gasteiger partial charge on any atom is 0.340 e. The molecular formula is C13H12BrNO4S2. The molecule has 0 bridgehead atoms.